The number of methoxy groups -OCH3 is 1. The normalized spacial score (nSPS) is 12.1. The molecule has 0 saturated heterocycles. The summed E-state index contributed by atoms with van der Waals surface area (Å²) < 4.78 is 10.9. The third-order valence-corrected chi connectivity index (χ3v) is 3.32. The Labute approximate surface area is 126 Å². The second kappa shape index (κ2) is 7.81. The van der Waals surface area contributed by atoms with Crippen LogP contribution in [0.2, 0.25) is 0 Å². The highest BCUT2D eigenvalue weighted by Gasteiger charge is 2.18. The van der Waals surface area contributed by atoms with Gasteiger partial charge in [-0.25, -0.2) is 0 Å². The molecule has 21 heavy (non-hydrogen) atoms. The van der Waals surface area contributed by atoms with Gasteiger partial charge in [-0.1, -0.05) is 49.4 Å². The Morgan fingerprint density at radius 2 is 1.67 bits per heavy atom. The van der Waals surface area contributed by atoms with E-state index in [4.69, 9.17) is 9.47 Å². The van der Waals surface area contributed by atoms with E-state index in [2.05, 4.69) is 6.92 Å². The van der Waals surface area contributed by atoms with Crippen molar-refractivity contribution in [2.24, 2.45) is 0 Å². The first-order valence-electron chi connectivity index (χ1n) is 7.24. The summed E-state index contributed by atoms with van der Waals surface area (Å²) in [5, 5.41) is 10.7. The molecule has 0 aliphatic rings. The van der Waals surface area contributed by atoms with Crippen LogP contribution in [0.1, 0.15) is 36.1 Å². The Morgan fingerprint density at radius 3 is 2.38 bits per heavy atom. The zero-order valence-corrected chi connectivity index (χ0v) is 12.6. The number of aliphatic hydroxyl groups is 1. The van der Waals surface area contributed by atoms with Crippen molar-refractivity contribution in [2.75, 3.05) is 13.7 Å². The zero-order chi connectivity index (χ0) is 15.1. The number of hydrogen-bond donors (Lipinski definition) is 1. The molecule has 0 spiro atoms. The fraction of sp³-hybridized carbons (Fsp3) is 0.333. The molecule has 0 radical (unpaired) electrons. The van der Waals surface area contributed by atoms with Crippen LogP contribution in [0.3, 0.4) is 0 Å². The van der Waals surface area contributed by atoms with Crippen LogP contribution in [-0.4, -0.2) is 18.8 Å². The predicted octanol–water partition coefficient (Wildman–Crippen LogP) is 3.70. The molecule has 0 heterocycles. The van der Waals surface area contributed by atoms with Gasteiger partial charge in [-0.3, -0.25) is 0 Å². The van der Waals surface area contributed by atoms with Gasteiger partial charge in [0.05, 0.1) is 13.2 Å². The highest BCUT2D eigenvalue weighted by molar-refractivity contribution is 5.42. The molecule has 0 aliphatic carbocycles. The van der Waals surface area contributed by atoms with Crippen molar-refractivity contribution in [3.63, 3.8) is 0 Å². The van der Waals surface area contributed by atoms with Crippen molar-refractivity contribution >= 4 is 0 Å². The lowest BCUT2D eigenvalue weighted by molar-refractivity contribution is 0.175. The third-order valence-electron chi connectivity index (χ3n) is 3.32. The minimum Gasteiger partial charge on any atom is -0.493 e. The molecule has 0 aromatic heterocycles. The van der Waals surface area contributed by atoms with Crippen LogP contribution >= 0.6 is 0 Å². The molecule has 0 fully saturated rings. The molecule has 0 aliphatic heterocycles. The monoisotopic (exact) mass is 286 g/mol. The van der Waals surface area contributed by atoms with E-state index in [1.54, 1.807) is 7.11 Å². The summed E-state index contributed by atoms with van der Waals surface area (Å²) in [6.45, 7) is 3.18. The van der Waals surface area contributed by atoms with Gasteiger partial charge in [-0.05, 0) is 23.6 Å². The molecule has 0 amide bonds. The van der Waals surface area contributed by atoms with E-state index in [0.29, 0.717) is 13.2 Å². The first-order valence-corrected chi connectivity index (χ1v) is 7.24. The smallest absolute Gasteiger partial charge is 0.125 e. The van der Waals surface area contributed by atoms with Gasteiger partial charge in [0.1, 0.15) is 11.9 Å². The standard InChI is InChI=1S/C18H22O3/c1-3-12-21-17-11-7-6-10-16(17)18(19)15-9-5-4-8-14(15)13-20-2/h4-11,18-19H,3,12-13H2,1-2H3. The Kier molecular flexibility index (Phi) is 5.78. The Hall–Kier alpha value is -1.84. The van der Waals surface area contributed by atoms with E-state index in [1.165, 1.54) is 0 Å². The molecule has 2 rings (SSSR count). The SMILES string of the molecule is CCCOc1ccccc1C(O)c1ccccc1COC. The third kappa shape index (κ3) is 3.84. The summed E-state index contributed by atoms with van der Waals surface area (Å²) in [5.41, 5.74) is 2.62. The first kappa shape index (κ1) is 15.5. The van der Waals surface area contributed by atoms with E-state index >= 15 is 0 Å². The topological polar surface area (TPSA) is 38.7 Å². The van der Waals surface area contributed by atoms with Crippen molar-refractivity contribution in [3.8, 4) is 5.75 Å². The molecule has 2 aromatic rings. The summed E-state index contributed by atoms with van der Waals surface area (Å²) in [6, 6.07) is 15.4. The number of benzene rings is 2. The molecule has 2 aromatic carbocycles. The molecule has 1 atom stereocenters. The van der Waals surface area contributed by atoms with Crippen LogP contribution < -0.4 is 4.74 Å². The predicted molar refractivity (Wildman–Crippen MR) is 83.4 cm³/mol. The molecule has 3 heteroatoms. The summed E-state index contributed by atoms with van der Waals surface area (Å²) >= 11 is 0. The van der Waals surface area contributed by atoms with Gasteiger partial charge >= 0.3 is 0 Å². The Morgan fingerprint density at radius 1 is 1.00 bits per heavy atom. The molecular weight excluding hydrogens is 264 g/mol. The minimum atomic E-state index is -0.718. The van der Waals surface area contributed by atoms with Gasteiger partial charge in [-0.15, -0.1) is 0 Å². The maximum absolute atomic E-state index is 10.7. The molecule has 3 nitrogen and oxygen atoms in total. The summed E-state index contributed by atoms with van der Waals surface area (Å²) in [4.78, 5) is 0. The van der Waals surface area contributed by atoms with Gasteiger partial charge < -0.3 is 14.6 Å². The van der Waals surface area contributed by atoms with Gasteiger partial charge in [0.25, 0.3) is 0 Å². The highest BCUT2D eigenvalue weighted by Crippen LogP contribution is 2.31. The Bertz CT molecular complexity index is 566. The van der Waals surface area contributed by atoms with Crippen LogP contribution in [0.15, 0.2) is 48.5 Å². The van der Waals surface area contributed by atoms with Crippen LogP contribution in [0.25, 0.3) is 0 Å². The van der Waals surface area contributed by atoms with Crippen LogP contribution in [0.4, 0.5) is 0 Å². The largest absolute Gasteiger partial charge is 0.493 e. The van der Waals surface area contributed by atoms with Crippen molar-refractivity contribution < 1.29 is 14.6 Å². The van der Waals surface area contributed by atoms with E-state index in [-0.39, 0.29) is 0 Å². The molecular formula is C18H22O3. The first-order chi connectivity index (χ1) is 10.3. The second-order valence-corrected chi connectivity index (χ2v) is 4.92. The average Bonchev–Trinajstić information content (AvgIpc) is 2.53. The number of para-hydroxylation sites is 1. The molecule has 1 N–H and O–H groups in total. The average molecular weight is 286 g/mol. The fourth-order valence-electron chi connectivity index (χ4n) is 2.31. The lowest BCUT2D eigenvalue weighted by Crippen LogP contribution is -2.07. The van der Waals surface area contributed by atoms with Crippen LogP contribution in [0, 0.1) is 0 Å². The fourth-order valence-corrected chi connectivity index (χ4v) is 2.31. The van der Waals surface area contributed by atoms with Crippen LogP contribution in [-0.2, 0) is 11.3 Å². The number of aliphatic hydroxyl groups excluding tert-OH is 1. The zero-order valence-electron chi connectivity index (χ0n) is 12.6. The van der Waals surface area contributed by atoms with E-state index in [0.717, 1.165) is 28.9 Å². The number of hydrogen-bond acceptors (Lipinski definition) is 3. The van der Waals surface area contributed by atoms with E-state index in [9.17, 15) is 5.11 Å². The molecule has 112 valence electrons. The second-order valence-electron chi connectivity index (χ2n) is 4.92. The number of ether oxygens (including phenoxy) is 2. The highest BCUT2D eigenvalue weighted by atomic mass is 16.5. The number of rotatable bonds is 7. The summed E-state index contributed by atoms with van der Waals surface area (Å²) in [5.74, 6) is 0.735. The lowest BCUT2D eigenvalue weighted by atomic mass is 9.96. The van der Waals surface area contributed by atoms with Crippen molar-refractivity contribution in [2.45, 2.75) is 26.1 Å². The van der Waals surface area contributed by atoms with Gasteiger partial charge in [0, 0.05) is 12.7 Å². The molecule has 1 unspecified atom stereocenters. The van der Waals surface area contributed by atoms with Gasteiger partial charge in [0.2, 0.25) is 0 Å². The maximum Gasteiger partial charge on any atom is 0.125 e. The summed E-state index contributed by atoms with van der Waals surface area (Å²) in [6.07, 6.45) is 0.217. The lowest BCUT2D eigenvalue weighted by Gasteiger charge is -2.18. The van der Waals surface area contributed by atoms with Crippen LogP contribution in [0.5, 0.6) is 5.75 Å². The van der Waals surface area contributed by atoms with Gasteiger partial charge in [0.15, 0.2) is 0 Å². The molecule has 0 bridgehead atoms. The van der Waals surface area contributed by atoms with Crippen molar-refractivity contribution in [1.29, 1.82) is 0 Å². The maximum atomic E-state index is 10.7. The van der Waals surface area contributed by atoms with E-state index < -0.39 is 6.10 Å². The Balaban J connectivity index is 2.33. The van der Waals surface area contributed by atoms with Crippen molar-refractivity contribution in [1.82, 2.24) is 0 Å². The minimum absolute atomic E-state index is 0.477. The van der Waals surface area contributed by atoms with Crippen molar-refractivity contribution in [3.05, 3.63) is 65.2 Å². The van der Waals surface area contributed by atoms with E-state index in [1.807, 2.05) is 48.5 Å². The molecule has 0 saturated carbocycles. The summed E-state index contributed by atoms with van der Waals surface area (Å²) in [7, 11) is 1.65. The van der Waals surface area contributed by atoms with Gasteiger partial charge in [-0.2, -0.15) is 0 Å². The quantitative estimate of drug-likeness (QED) is 0.843.